The van der Waals surface area contributed by atoms with Crippen LogP contribution in [-0.4, -0.2) is 30.9 Å². The van der Waals surface area contributed by atoms with Gasteiger partial charge in [-0.25, -0.2) is 9.67 Å². The lowest BCUT2D eigenvalue weighted by atomic mass is 10.2. The first-order valence-corrected chi connectivity index (χ1v) is 10.7. The monoisotopic (exact) mass is 438 g/mol. The Morgan fingerprint density at radius 1 is 1.27 bits per heavy atom. The van der Waals surface area contributed by atoms with Gasteiger partial charge in [0.25, 0.3) is 5.91 Å². The first-order chi connectivity index (χ1) is 14.6. The summed E-state index contributed by atoms with van der Waals surface area (Å²) in [5, 5.41) is 14.7. The number of carbonyl (C=O) groups excluding carboxylic acids is 1. The number of halogens is 1. The zero-order chi connectivity index (χ0) is 21.1. The van der Waals surface area contributed by atoms with Crippen LogP contribution in [0.5, 0.6) is 0 Å². The van der Waals surface area contributed by atoms with Crippen molar-refractivity contribution in [3.63, 3.8) is 0 Å². The first kappa shape index (κ1) is 20.2. The molecule has 0 saturated carbocycles. The molecule has 1 aromatic carbocycles. The fraction of sp³-hybridized carbons (Fsp3) is 0.190. The van der Waals surface area contributed by atoms with E-state index < -0.39 is 0 Å². The fourth-order valence-corrected chi connectivity index (χ4v) is 4.10. The highest BCUT2D eigenvalue weighted by atomic mass is 35.5. The van der Waals surface area contributed by atoms with Gasteiger partial charge in [0.15, 0.2) is 5.69 Å². The normalized spacial score (nSPS) is 12.0. The van der Waals surface area contributed by atoms with Crippen molar-refractivity contribution >= 4 is 28.8 Å². The molecule has 0 aliphatic heterocycles. The number of nitrogens with one attached hydrogen (secondary N) is 1. The summed E-state index contributed by atoms with van der Waals surface area (Å²) in [7, 11) is 0. The highest BCUT2D eigenvalue weighted by Crippen LogP contribution is 2.25. The number of thiazole rings is 1. The molecule has 3 heterocycles. The molecule has 0 aliphatic carbocycles. The molecule has 9 heteroatoms. The van der Waals surface area contributed by atoms with Crippen LogP contribution in [0.2, 0.25) is 5.02 Å². The standard InChI is InChI=1S/C21H19ClN6OS/c1-3-18-19(26-27-28(18)16-6-4-5-15(22)11-16)20(29)24-13(2)21-25-17(12-30-21)14-7-9-23-10-8-14/h4-13H,3H2,1-2H3,(H,24,29). The maximum absolute atomic E-state index is 12.9. The van der Waals surface area contributed by atoms with Crippen molar-refractivity contribution in [2.75, 3.05) is 0 Å². The summed E-state index contributed by atoms with van der Waals surface area (Å²) in [5.41, 5.74) is 3.64. The lowest BCUT2D eigenvalue weighted by Gasteiger charge is -2.11. The zero-order valence-electron chi connectivity index (χ0n) is 16.4. The van der Waals surface area contributed by atoms with Crippen LogP contribution < -0.4 is 5.32 Å². The fourth-order valence-electron chi connectivity index (χ4n) is 3.08. The van der Waals surface area contributed by atoms with Crippen LogP contribution in [0.4, 0.5) is 0 Å². The lowest BCUT2D eigenvalue weighted by molar-refractivity contribution is 0.0933. The predicted octanol–water partition coefficient (Wildman–Crippen LogP) is 4.49. The summed E-state index contributed by atoms with van der Waals surface area (Å²) in [6.07, 6.45) is 4.06. The smallest absolute Gasteiger partial charge is 0.274 e. The molecular weight excluding hydrogens is 420 g/mol. The average Bonchev–Trinajstić information content (AvgIpc) is 3.42. The van der Waals surface area contributed by atoms with Crippen LogP contribution in [0.25, 0.3) is 16.9 Å². The summed E-state index contributed by atoms with van der Waals surface area (Å²) in [6.45, 7) is 3.86. The van der Waals surface area contributed by atoms with Crippen molar-refractivity contribution in [3.05, 3.63) is 75.6 Å². The molecule has 4 aromatic rings. The largest absolute Gasteiger partial charge is 0.342 e. The lowest BCUT2D eigenvalue weighted by Crippen LogP contribution is -2.28. The second-order valence-electron chi connectivity index (χ2n) is 6.63. The van der Waals surface area contributed by atoms with E-state index in [0.29, 0.717) is 17.1 Å². The van der Waals surface area contributed by atoms with Gasteiger partial charge in [-0.1, -0.05) is 29.8 Å². The molecule has 0 saturated heterocycles. The maximum atomic E-state index is 12.9. The highest BCUT2D eigenvalue weighted by molar-refractivity contribution is 7.10. The van der Waals surface area contributed by atoms with Gasteiger partial charge in [0, 0.05) is 28.4 Å². The molecule has 1 atom stereocenters. The van der Waals surface area contributed by atoms with Gasteiger partial charge in [0.2, 0.25) is 0 Å². The molecular formula is C21H19ClN6OS. The van der Waals surface area contributed by atoms with E-state index in [1.54, 1.807) is 29.2 Å². The maximum Gasteiger partial charge on any atom is 0.274 e. The highest BCUT2D eigenvalue weighted by Gasteiger charge is 2.22. The Morgan fingerprint density at radius 2 is 2.07 bits per heavy atom. The number of benzene rings is 1. The number of pyridine rings is 1. The van der Waals surface area contributed by atoms with Gasteiger partial charge < -0.3 is 5.32 Å². The van der Waals surface area contributed by atoms with Crippen LogP contribution >= 0.6 is 22.9 Å². The summed E-state index contributed by atoms with van der Waals surface area (Å²) in [6, 6.07) is 10.8. The van der Waals surface area contributed by atoms with Gasteiger partial charge in [-0.2, -0.15) is 0 Å². The average molecular weight is 439 g/mol. The molecule has 7 nitrogen and oxygen atoms in total. The summed E-state index contributed by atoms with van der Waals surface area (Å²) < 4.78 is 1.65. The van der Waals surface area contributed by atoms with E-state index in [1.807, 2.05) is 43.5 Å². The van der Waals surface area contributed by atoms with Crippen molar-refractivity contribution in [3.8, 4) is 16.9 Å². The Hall–Kier alpha value is -3.10. The minimum atomic E-state index is -0.284. The Kier molecular flexibility index (Phi) is 5.87. The van der Waals surface area contributed by atoms with Crippen molar-refractivity contribution in [2.24, 2.45) is 0 Å². The van der Waals surface area contributed by atoms with Crippen LogP contribution in [0.1, 0.15) is 41.1 Å². The van der Waals surface area contributed by atoms with E-state index in [9.17, 15) is 4.79 Å². The quantitative estimate of drug-likeness (QED) is 0.479. The van der Waals surface area contributed by atoms with E-state index in [1.165, 1.54) is 11.3 Å². The van der Waals surface area contributed by atoms with Gasteiger partial charge in [-0.3, -0.25) is 9.78 Å². The summed E-state index contributed by atoms with van der Waals surface area (Å²) in [4.78, 5) is 21.6. The summed E-state index contributed by atoms with van der Waals surface area (Å²) >= 11 is 7.59. The minimum Gasteiger partial charge on any atom is -0.342 e. The van der Waals surface area contributed by atoms with Gasteiger partial charge in [0.05, 0.1) is 23.1 Å². The number of rotatable bonds is 6. The van der Waals surface area contributed by atoms with Crippen LogP contribution in [0.15, 0.2) is 54.2 Å². The number of hydrogen-bond donors (Lipinski definition) is 1. The van der Waals surface area contributed by atoms with Crippen LogP contribution in [0, 0.1) is 0 Å². The van der Waals surface area contributed by atoms with E-state index in [2.05, 4.69) is 25.6 Å². The van der Waals surface area contributed by atoms with Gasteiger partial charge in [-0.15, -0.1) is 16.4 Å². The molecule has 152 valence electrons. The molecule has 4 rings (SSSR count). The molecule has 30 heavy (non-hydrogen) atoms. The predicted molar refractivity (Wildman–Crippen MR) is 117 cm³/mol. The van der Waals surface area contributed by atoms with Gasteiger partial charge in [-0.05, 0) is 43.7 Å². The molecule has 1 unspecified atom stereocenters. The summed E-state index contributed by atoms with van der Waals surface area (Å²) in [5.74, 6) is -0.284. The van der Waals surface area contributed by atoms with E-state index in [-0.39, 0.29) is 11.9 Å². The number of aromatic nitrogens is 5. The van der Waals surface area contributed by atoms with Crippen molar-refractivity contribution in [1.82, 2.24) is 30.3 Å². The number of hydrogen-bond acceptors (Lipinski definition) is 6. The third-order valence-electron chi connectivity index (χ3n) is 4.58. The van der Waals surface area contributed by atoms with Crippen molar-refractivity contribution in [2.45, 2.75) is 26.3 Å². The van der Waals surface area contributed by atoms with Crippen LogP contribution in [0.3, 0.4) is 0 Å². The number of amides is 1. The second-order valence-corrected chi connectivity index (χ2v) is 7.96. The first-order valence-electron chi connectivity index (χ1n) is 9.44. The van der Waals surface area contributed by atoms with Gasteiger partial charge >= 0.3 is 0 Å². The zero-order valence-corrected chi connectivity index (χ0v) is 18.0. The number of nitrogens with zero attached hydrogens (tertiary/aromatic N) is 5. The third kappa shape index (κ3) is 4.10. The van der Waals surface area contributed by atoms with E-state index in [4.69, 9.17) is 11.6 Å². The Balaban J connectivity index is 1.54. The third-order valence-corrected chi connectivity index (χ3v) is 5.84. The molecule has 0 spiro atoms. The van der Waals surface area contributed by atoms with Gasteiger partial charge in [0.1, 0.15) is 5.01 Å². The molecule has 3 aromatic heterocycles. The Morgan fingerprint density at radius 3 is 2.80 bits per heavy atom. The molecule has 0 fully saturated rings. The molecule has 1 amide bonds. The van der Waals surface area contributed by atoms with Crippen LogP contribution in [-0.2, 0) is 6.42 Å². The number of carbonyl (C=O) groups is 1. The van der Waals surface area contributed by atoms with E-state index >= 15 is 0 Å². The Labute approximate surface area is 182 Å². The molecule has 1 N–H and O–H groups in total. The van der Waals surface area contributed by atoms with E-state index in [0.717, 1.165) is 27.6 Å². The molecule has 0 radical (unpaired) electrons. The molecule has 0 bridgehead atoms. The van der Waals surface area contributed by atoms with Crippen molar-refractivity contribution in [1.29, 1.82) is 0 Å². The van der Waals surface area contributed by atoms with Crippen molar-refractivity contribution < 1.29 is 4.79 Å². The Bertz CT molecular complexity index is 1170. The molecule has 0 aliphatic rings. The SMILES string of the molecule is CCc1c(C(=O)NC(C)c2nc(-c3ccncc3)cs2)nnn1-c1cccc(Cl)c1. The second kappa shape index (κ2) is 8.73. The topological polar surface area (TPSA) is 85.6 Å². The minimum absolute atomic E-state index is 0.265.